The molecule has 8 nitrogen and oxygen atoms in total. The lowest BCUT2D eigenvalue weighted by Crippen LogP contribution is -2.40. The zero-order valence-corrected chi connectivity index (χ0v) is 24.0. The Labute approximate surface area is 231 Å². The third-order valence-corrected chi connectivity index (χ3v) is 7.07. The molecular weight excluding hydrogens is 516 g/mol. The van der Waals surface area contributed by atoms with Crippen molar-refractivity contribution < 1.29 is 23.7 Å². The van der Waals surface area contributed by atoms with Crippen molar-refractivity contribution in [3.8, 4) is 17.2 Å². The van der Waals surface area contributed by atoms with Gasteiger partial charge in [-0.05, 0) is 56.5 Å². The van der Waals surface area contributed by atoms with Crippen LogP contribution >= 0.6 is 11.3 Å². The first-order chi connectivity index (χ1) is 18.8. The highest BCUT2D eigenvalue weighted by molar-refractivity contribution is 7.07. The molecule has 206 valence electrons. The van der Waals surface area contributed by atoms with Crippen molar-refractivity contribution in [3.05, 3.63) is 84.5 Å². The fourth-order valence-electron chi connectivity index (χ4n) is 4.37. The molecule has 0 amide bonds. The summed E-state index contributed by atoms with van der Waals surface area (Å²) in [6, 6.07) is 12.2. The van der Waals surface area contributed by atoms with Crippen LogP contribution in [0.1, 0.15) is 51.8 Å². The van der Waals surface area contributed by atoms with Gasteiger partial charge in [0.2, 0.25) is 0 Å². The van der Waals surface area contributed by atoms with Gasteiger partial charge in [0, 0.05) is 5.56 Å². The molecule has 0 fully saturated rings. The lowest BCUT2D eigenvalue weighted by molar-refractivity contribution is -0.139. The predicted octanol–water partition coefficient (Wildman–Crippen LogP) is 4.24. The van der Waals surface area contributed by atoms with Gasteiger partial charge in [-0.25, -0.2) is 9.79 Å². The van der Waals surface area contributed by atoms with Crippen LogP contribution in [0.5, 0.6) is 17.2 Å². The maximum atomic E-state index is 13.9. The summed E-state index contributed by atoms with van der Waals surface area (Å²) in [5.74, 6) is 1.65. The van der Waals surface area contributed by atoms with Crippen LogP contribution in [-0.2, 0) is 9.53 Å². The SMILES string of the molecule is CCOC(=O)C1=C(C)N=c2sc(=Cc3ccc(OCC(C)C)cc3)c(=O)n2[C@H]1c1cccc(OC)c1OCC. The first-order valence-electron chi connectivity index (χ1n) is 13.0. The van der Waals surface area contributed by atoms with Gasteiger partial charge in [-0.3, -0.25) is 9.36 Å². The van der Waals surface area contributed by atoms with Crippen molar-refractivity contribution in [2.75, 3.05) is 26.9 Å². The number of nitrogens with zero attached hydrogens (tertiary/aromatic N) is 2. The Morgan fingerprint density at radius 3 is 2.49 bits per heavy atom. The molecule has 0 N–H and O–H groups in total. The van der Waals surface area contributed by atoms with Crippen LogP contribution < -0.4 is 29.1 Å². The first kappa shape index (κ1) is 28.2. The number of allylic oxidation sites excluding steroid dienone is 1. The Hall–Kier alpha value is -3.85. The molecule has 0 unspecified atom stereocenters. The molecule has 0 spiro atoms. The van der Waals surface area contributed by atoms with E-state index in [1.54, 1.807) is 31.6 Å². The quantitative estimate of drug-likeness (QED) is 0.351. The van der Waals surface area contributed by atoms with Crippen LogP contribution in [0, 0.1) is 5.92 Å². The first-order valence-corrected chi connectivity index (χ1v) is 13.8. The molecule has 39 heavy (non-hydrogen) atoms. The van der Waals surface area contributed by atoms with E-state index in [1.165, 1.54) is 11.3 Å². The van der Waals surface area contributed by atoms with Crippen LogP contribution in [0.15, 0.2) is 63.5 Å². The fraction of sp³-hybridized carbons (Fsp3) is 0.367. The molecule has 1 atom stereocenters. The normalized spacial score (nSPS) is 15.2. The van der Waals surface area contributed by atoms with E-state index in [9.17, 15) is 9.59 Å². The van der Waals surface area contributed by atoms with Crippen LogP contribution in [0.2, 0.25) is 0 Å². The van der Waals surface area contributed by atoms with Crippen LogP contribution in [-0.4, -0.2) is 37.5 Å². The summed E-state index contributed by atoms with van der Waals surface area (Å²) < 4.78 is 24.8. The lowest BCUT2D eigenvalue weighted by Gasteiger charge is -2.26. The van der Waals surface area contributed by atoms with Gasteiger partial charge in [0.05, 0.1) is 42.7 Å². The minimum atomic E-state index is -0.800. The summed E-state index contributed by atoms with van der Waals surface area (Å²) in [6.45, 7) is 10.8. The second kappa shape index (κ2) is 12.3. The number of carbonyl (C=O) groups excluding carboxylic acids is 1. The molecule has 1 aromatic heterocycles. The highest BCUT2D eigenvalue weighted by Crippen LogP contribution is 2.40. The average molecular weight is 551 g/mol. The Balaban J connectivity index is 1.88. The lowest BCUT2D eigenvalue weighted by atomic mass is 9.94. The number of carbonyl (C=O) groups is 1. The minimum Gasteiger partial charge on any atom is -0.493 e. The Morgan fingerprint density at radius 1 is 1.10 bits per heavy atom. The summed E-state index contributed by atoms with van der Waals surface area (Å²) >= 11 is 1.27. The highest BCUT2D eigenvalue weighted by Gasteiger charge is 2.35. The van der Waals surface area contributed by atoms with Crippen molar-refractivity contribution >= 4 is 23.4 Å². The van der Waals surface area contributed by atoms with E-state index < -0.39 is 12.0 Å². The zero-order chi connectivity index (χ0) is 28.1. The maximum absolute atomic E-state index is 13.9. The number of hydrogen-bond donors (Lipinski definition) is 0. The monoisotopic (exact) mass is 550 g/mol. The number of aromatic nitrogens is 1. The number of methoxy groups -OCH3 is 1. The van der Waals surface area contributed by atoms with Gasteiger partial charge in [0.1, 0.15) is 11.8 Å². The fourth-order valence-corrected chi connectivity index (χ4v) is 5.41. The summed E-state index contributed by atoms with van der Waals surface area (Å²) in [5.41, 5.74) is 1.99. The third kappa shape index (κ3) is 5.93. The summed E-state index contributed by atoms with van der Waals surface area (Å²) in [5, 5.41) is 0. The Kier molecular flexibility index (Phi) is 8.91. The zero-order valence-electron chi connectivity index (χ0n) is 23.1. The number of para-hydroxylation sites is 1. The molecule has 2 aromatic carbocycles. The molecule has 0 aliphatic carbocycles. The molecule has 1 aliphatic heterocycles. The van der Waals surface area contributed by atoms with E-state index in [0.29, 0.717) is 51.2 Å². The van der Waals surface area contributed by atoms with Crippen molar-refractivity contribution in [1.29, 1.82) is 0 Å². The molecule has 0 saturated carbocycles. The van der Waals surface area contributed by atoms with Crippen LogP contribution in [0.3, 0.4) is 0 Å². The second-order valence-electron chi connectivity index (χ2n) is 9.39. The van der Waals surface area contributed by atoms with E-state index in [2.05, 4.69) is 18.8 Å². The van der Waals surface area contributed by atoms with Gasteiger partial charge in [-0.15, -0.1) is 0 Å². The van der Waals surface area contributed by atoms with Gasteiger partial charge in [-0.1, -0.05) is 49.4 Å². The standard InChI is InChI=1S/C30H34N2O6S/c1-7-36-27-22(10-9-11-23(27)35-6)26-25(29(34)37-8-2)19(5)31-30-32(26)28(33)24(39-30)16-20-12-14-21(15-13-20)38-17-18(3)4/h9-16,18,26H,7-8,17H2,1-6H3/t26-/m0/s1. The predicted molar refractivity (Wildman–Crippen MR) is 151 cm³/mol. The number of rotatable bonds is 10. The van der Waals surface area contributed by atoms with E-state index in [-0.39, 0.29) is 17.7 Å². The third-order valence-electron chi connectivity index (χ3n) is 6.09. The van der Waals surface area contributed by atoms with Gasteiger partial charge in [0.25, 0.3) is 5.56 Å². The molecular formula is C30H34N2O6S. The largest absolute Gasteiger partial charge is 0.493 e. The molecule has 2 heterocycles. The van der Waals surface area contributed by atoms with Crippen molar-refractivity contribution in [3.63, 3.8) is 0 Å². The summed E-state index contributed by atoms with van der Waals surface area (Å²) in [7, 11) is 1.56. The van der Waals surface area contributed by atoms with Gasteiger partial charge in [0.15, 0.2) is 16.3 Å². The average Bonchev–Trinajstić information content (AvgIpc) is 3.22. The highest BCUT2D eigenvalue weighted by atomic mass is 32.1. The second-order valence-corrected chi connectivity index (χ2v) is 10.4. The van der Waals surface area contributed by atoms with E-state index >= 15 is 0 Å². The molecule has 3 aromatic rings. The van der Waals surface area contributed by atoms with Crippen LogP contribution in [0.25, 0.3) is 6.08 Å². The Bertz CT molecular complexity index is 1550. The van der Waals surface area contributed by atoms with Gasteiger partial charge in [-0.2, -0.15) is 0 Å². The number of esters is 1. The number of fused-ring (bicyclic) bond motifs is 1. The smallest absolute Gasteiger partial charge is 0.338 e. The summed E-state index contributed by atoms with van der Waals surface area (Å²) in [6.07, 6.45) is 1.82. The topological polar surface area (TPSA) is 88.4 Å². The minimum absolute atomic E-state index is 0.195. The maximum Gasteiger partial charge on any atom is 0.338 e. The van der Waals surface area contributed by atoms with E-state index in [4.69, 9.17) is 18.9 Å². The number of benzene rings is 2. The molecule has 0 saturated heterocycles. The van der Waals surface area contributed by atoms with Crippen LogP contribution in [0.4, 0.5) is 0 Å². The van der Waals surface area contributed by atoms with Crippen molar-refractivity contribution in [1.82, 2.24) is 4.57 Å². The molecule has 0 radical (unpaired) electrons. The number of thiazole rings is 1. The van der Waals surface area contributed by atoms with Gasteiger partial charge >= 0.3 is 5.97 Å². The number of hydrogen-bond acceptors (Lipinski definition) is 8. The molecule has 0 bridgehead atoms. The van der Waals surface area contributed by atoms with E-state index in [0.717, 1.165) is 11.3 Å². The molecule has 9 heteroatoms. The van der Waals surface area contributed by atoms with Crippen molar-refractivity contribution in [2.45, 2.75) is 40.7 Å². The van der Waals surface area contributed by atoms with Crippen molar-refractivity contribution in [2.24, 2.45) is 10.9 Å². The number of ether oxygens (including phenoxy) is 4. The van der Waals surface area contributed by atoms with Gasteiger partial charge < -0.3 is 18.9 Å². The molecule has 1 aliphatic rings. The summed E-state index contributed by atoms with van der Waals surface area (Å²) in [4.78, 5) is 32.3. The Morgan fingerprint density at radius 2 is 1.85 bits per heavy atom. The molecule has 4 rings (SSSR count). The van der Waals surface area contributed by atoms with E-state index in [1.807, 2.05) is 49.4 Å².